The molecule has 0 aliphatic carbocycles. The Hall–Kier alpha value is -0.900. The largest absolute Gasteiger partial charge is 0.381 e. The molecule has 0 aliphatic rings. The Morgan fingerprint density at radius 2 is 1.94 bits per heavy atom. The maximum absolute atomic E-state index is 6.05. The van der Waals surface area contributed by atoms with Gasteiger partial charge in [0.15, 0.2) is 5.82 Å². The zero-order chi connectivity index (χ0) is 11.7. The Labute approximate surface area is 108 Å². The first-order valence-corrected chi connectivity index (χ1v) is 5.62. The van der Waals surface area contributed by atoms with Crippen molar-refractivity contribution < 1.29 is 0 Å². The second kappa shape index (κ2) is 4.53. The van der Waals surface area contributed by atoms with Crippen LogP contribution in [0.3, 0.4) is 0 Å². The topological polar surface area (TPSA) is 43.8 Å². The molecule has 6 heteroatoms. The second-order valence-electron chi connectivity index (χ2n) is 3.27. The van der Waals surface area contributed by atoms with Gasteiger partial charge in [0.05, 0.1) is 16.6 Å². The van der Waals surface area contributed by atoms with Crippen LogP contribution in [0.2, 0.25) is 15.1 Å². The number of benzene rings is 1. The maximum Gasteiger partial charge on any atom is 0.164 e. The Kier molecular flexibility index (Phi) is 3.28. The summed E-state index contributed by atoms with van der Waals surface area (Å²) >= 11 is 17.8. The molecular weight excluding hydrogens is 268 g/mol. The highest BCUT2D eigenvalue weighted by molar-refractivity contribution is 6.42. The van der Waals surface area contributed by atoms with Crippen molar-refractivity contribution in [2.24, 2.45) is 0 Å². The first-order chi connectivity index (χ1) is 7.58. The van der Waals surface area contributed by atoms with Crippen LogP contribution in [0, 0.1) is 0 Å². The van der Waals surface area contributed by atoms with Crippen LogP contribution in [-0.2, 0) is 6.54 Å². The van der Waals surface area contributed by atoms with Gasteiger partial charge >= 0.3 is 0 Å². The predicted molar refractivity (Wildman–Crippen MR) is 67.2 cm³/mol. The number of halogens is 3. The van der Waals surface area contributed by atoms with Crippen LogP contribution in [0.1, 0.15) is 5.56 Å². The fourth-order valence-corrected chi connectivity index (χ4v) is 1.87. The third-order valence-corrected chi connectivity index (χ3v) is 3.26. The summed E-state index contributed by atoms with van der Waals surface area (Å²) in [5, 5.41) is 5.51. The fraction of sp³-hybridized carbons (Fsp3) is 0.100. The highest BCUT2D eigenvalue weighted by Crippen LogP contribution is 2.26. The van der Waals surface area contributed by atoms with Crippen LogP contribution in [0.15, 0.2) is 24.4 Å². The molecule has 84 valence electrons. The van der Waals surface area contributed by atoms with Crippen molar-refractivity contribution in [3.8, 4) is 0 Å². The van der Waals surface area contributed by atoms with Crippen LogP contribution < -0.4 is 5.73 Å². The molecule has 2 rings (SSSR count). The number of nitrogens with two attached hydrogens (primary N) is 1. The molecule has 1 heterocycles. The Bertz CT molecular complexity index is 503. The van der Waals surface area contributed by atoms with Crippen LogP contribution >= 0.6 is 34.8 Å². The highest BCUT2D eigenvalue weighted by Gasteiger charge is 2.07. The van der Waals surface area contributed by atoms with Gasteiger partial charge in [-0.3, -0.25) is 4.68 Å². The normalized spacial score (nSPS) is 10.7. The van der Waals surface area contributed by atoms with Gasteiger partial charge in [-0.1, -0.05) is 46.9 Å². The molecule has 0 bridgehead atoms. The lowest BCUT2D eigenvalue weighted by atomic mass is 10.2. The Morgan fingerprint density at radius 1 is 1.19 bits per heavy atom. The average Bonchev–Trinajstić information content (AvgIpc) is 2.54. The minimum Gasteiger partial charge on any atom is -0.381 e. The van der Waals surface area contributed by atoms with Crippen molar-refractivity contribution in [2.75, 3.05) is 5.73 Å². The van der Waals surface area contributed by atoms with Crippen LogP contribution in [0.5, 0.6) is 0 Å². The highest BCUT2D eigenvalue weighted by atomic mass is 35.5. The van der Waals surface area contributed by atoms with Crippen LogP contribution in [0.4, 0.5) is 5.82 Å². The summed E-state index contributed by atoms with van der Waals surface area (Å²) in [5.74, 6) is 0.305. The number of rotatable bonds is 2. The molecule has 0 spiro atoms. The first-order valence-electron chi connectivity index (χ1n) is 4.49. The standard InChI is InChI=1S/C10H8Cl3N3/c11-7-3-1-2-6(9(7)13)4-16-5-8(12)10(14)15-16/h1-3,5H,4H2,(H2,14,15). The monoisotopic (exact) mass is 275 g/mol. The molecule has 2 aromatic rings. The molecule has 0 saturated carbocycles. The van der Waals surface area contributed by atoms with E-state index < -0.39 is 0 Å². The maximum atomic E-state index is 6.05. The van der Waals surface area contributed by atoms with Gasteiger partial charge in [-0.25, -0.2) is 0 Å². The smallest absolute Gasteiger partial charge is 0.164 e. The van der Waals surface area contributed by atoms with Gasteiger partial charge in [0.25, 0.3) is 0 Å². The summed E-state index contributed by atoms with van der Waals surface area (Å²) in [7, 11) is 0. The van der Waals surface area contributed by atoms with Gasteiger partial charge in [0.1, 0.15) is 5.02 Å². The molecular formula is C10H8Cl3N3. The summed E-state index contributed by atoms with van der Waals surface area (Å²) in [6.07, 6.45) is 1.65. The molecule has 1 aromatic heterocycles. The molecule has 1 aromatic carbocycles. The van der Waals surface area contributed by atoms with E-state index >= 15 is 0 Å². The van der Waals surface area contributed by atoms with E-state index in [2.05, 4.69) is 5.10 Å². The number of hydrogen-bond donors (Lipinski definition) is 1. The minimum atomic E-state index is 0.305. The molecule has 3 nitrogen and oxygen atoms in total. The van der Waals surface area contributed by atoms with E-state index in [1.807, 2.05) is 12.1 Å². The number of nitrogen functional groups attached to an aromatic ring is 1. The molecule has 16 heavy (non-hydrogen) atoms. The van der Waals surface area contributed by atoms with E-state index in [1.165, 1.54) is 0 Å². The van der Waals surface area contributed by atoms with Crippen molar-refractivity contribution in [1.29, 1.82) is 0 Å². The molecule has 0 aliphatic heterocycles. The van der Waals surface area contributed by atoms with E-state index in [9.17, 15) is 0 Å². The second-order valence-corrected chi connectivity index (χ2v) is 4.47. The summed E-state index contributed by atoms with van der Waals surface area (Å²) in [6, 6.07) is 5.44. The van der Waals surface area contributed by atoms with Crippen molar-refractivity contribution in [3.05, 3.63) is 45.0 Å². The van der Waals surface area contributed by atoms with Gasteiger partial charge in [-0.15, -0.1) is 0 Å². The lowest BCUT2D eigenvalue weighted by Gasteiger charge is -2.05. The first kappa shape index (κ1) is 11.6. The fourth-order valence-electron chi connectivity index (χ4n) is 1.34. The SMILES string of the molecule is Nc1nn(Cc2cccc(Cl)c2Cl)cc1Cl. The van der Waals surface area contributed by atoms with Crippen LogP contribution in [-0.4, -0.2) is 9.78 Å². The van der Waals surface area contributed by atoms with Crippen molar-refractivity contribution >= 4 is 40.6 Å². The van der Waals surface area contributed by atoms with Gasteiger partial charge in [-0.2, -0.15) is 5.10 Å². The average molecular weight is 277 g/mol. The molecule has 0 radical (unpaired) electrons. The third-order valence-electron chi connectivity index (χ3n) is 2.11. The van der Waals surface area contributed by atoms with E-state index in [1.54, 1.807) is 16.9 Å². The Balaban J connectivity index is 2.30. The number of nitrogens with zero attached hydrogens (tertiary/aromatic N) is 2. The summed E-state index contributed by atoms with van der Waals surface area (Å²) in [4.78, 5) is 0. The van der Waals surface area contributed by atoms with Gasteiger partial charge in [0, 0.05) is 6.20 Å². The molecule has 0 saturated heterocycles. The molecule has 0 atom stereocenters. The Morgan fingerprint density at radius 3 is 2.56 bits per heavy atom. The third kappa shape index (κ3) is 2.26. The minimum absolute atomic E-state index is 0.305. The summed E-state index contributed by atoms with van der Waals surface area (Å²) in [6.45, 7) is 0.482. The van der Waals surface area contributed by atoms with Crippen molar-refractivity contribution in [1.82, 2.24) is 9.78 Å². The van der Waals surface area contributed by atoms with Gasteiger partial charge in [0.2, 0.25) is 0 Å². The zero-order valence-corrected chi connectivity index (χ0v) is 10.4. The molecule has 0 unspecified atom stereocenters. The van der Waals surface area contributed by atoms with E-state index in [-0.39, 0.29) is 0 Å². The van der Waals surface area contributed by atoms with E-state index in [0.29, 0.717) is 27.4 Å². The van der Waals surface area contributed by atoms with Gasteiger partial charge < -0.3 is 5.73 Å². The summed E-state index contributed by atoms with van der Waals surface area (Å²) in [5.41, 5.74) is 6.41. The predicted octanol–water partition coefficient (Wildman–Crippen LogP) is 3.47. The number of anilines is 1. The van der Waals surface area contributed by atoms with E-state index in [4.69, 9.17) is 40.5 Å². The van der Waals surface area contributed by atoms with Crippen molar-refractivity contribution in [2.45, 2.75) is 6.54 Å². The lowest BCUT2D eigenvalue weighted by Crippen LogP contribution is -2.01. The molecule has 0 amide bonds. The van der Waals surface area contributed by atoms with Gasteiger partial charge in [-0.05, 0) is 11.6 Å². The summed E-state index contributed by atoms with van der Waals surface area (Å²) < 4.78 is 1.62. The number of aromatic nitrogens is 2. The van der Waals surface area contributed by atoms with Crippen molar-refractivity contribution in [3.63, 3.8) is 0 Å². The quantitative estimate of drug-likeness (QED) is 0.912. The lowest BCUT2D eigenvalue weighted by molar-refractivity contribution is 0.690. The molecule has 2 N–H and O–H groups in total. The number of hydrogen-bond acceptors (Lipinski definition) is 2. The van der Waals surface area contributed by atoms with E-state index in [0.717, 1.165) is 5.56 Å². The zero-order valence-electron chi connectivity index (χ0n) is 8.12. The van der Waals surface area contributed by atoms with Crippen LogP contribution in [0.25, 0.3) is 0 Å². The molecule has 0 fully saturated rings.